The summed E-state index contributed by atoms with van der Waals surface area (Å²) in [7, 11) is 0. The van der Waals surface area contributed by atoms with Crippen LogP contribution in [0.25, 0.3) is 0 Å². The summed E-state index contributed by atoms with van der Waals surface area (Å²) in [5, 5.41) is 3.26. The first-order chi connectivity index (χ1) is 8.74. The van der Waals surface area contributed by atoms with Crippen LogP contribution in [0.1, 0.15) is 10.5 Å². The summed E-state index contributed by atoms with van der Waals surface area (Å²) < 4.78 is 0. The van der Waals surface area contributed by atoms with Crippen molar-refractivity contribution in [3.63, 3.8) is 0 Å². The summed E-state index contributed by atoms with van der Waals surface area (Å²) in [5.41, 5.74) is 0.0105. The number of hydrogen-bond acceptors (Lipinski definition) is 4. The zero-order valence-corrected chi connectivity index (χ0v) is 10.1. The number of aromatic nitrogens is 2. The predicted octanol–water partition coefficient (Wildman–Crippen LogP) is -1.57. The molecule has 0 unspecified atom stereocenters. The summed E-state index contributed by atoms with van der Waals surface area (Å²) in [6.45, 7) is 5.38. The highest BCUT2D eigenvalue weighted by Crippen LogP contribution is 2.11. The maximum atomic E-state index is 12.1. The molecule has 3 N–H and O–H groups in total. The summed E-state index contributed by atoms with van der Waals surface area (Å²) in [4.78, 5) is 32.2. The minimum atomic E-state index is -0.336. The van der Waals surface area contributed by atoms with Crippen LogP contribution in [0.15, 0.2) is 11.0 Å². The third-order valence-electron chi connectivity index (χ3n) is 3.70. The molecule has 7 heteroatoms. The summed E-state index contributed by atoms with van der Waals surface area (Å²) in [6.07, 6.45) is 1.44. The van der Waals surface area contributed by atoms with Crippen LogP contribution in [-0.4, -0.2) is 71.0 Å². The third kappa shape index (κ3) is 2.06. The van der Waals surface area contributed by atoms with Gasteiger partial charge >= 0.3 is 5.69 Å². The largest absolute Gasteiger partial charge is 0.335 e. The van der Waals surface area contributed by atoms with E-state index in [1.54, 1.807) is 4.90 Å². The molecule has 0 aromatic carbocycles. The Morgan fingerprint density at radius 2 is 1.94 bits per heavy atom. The van der Waals surface area contributed by atoms with Crippen molar-refractivity contribution in [3.05, 3.63) is 22.4 Å². The maximum Gasteiger partial charge on any atom is 0.323 e. The van der Waals surface area contributed by atoms with E-state index in [0.29, 0.717) is 11.7 Å². The number of piperazine rings is 1. The highest BCUT2D eigenvalue weighted by molar-refractivity contribution is 5.92. The molecule has 1 aromatic rings. The van der Waals surface area contributed by atoms with Gasteiger partial charge in [0, 0.05) is 51.5 Å². The fraction of sp³-hybridized carbons (Fsp3) is 0.636. The van der Waals surface area contributed by atoms with E-state index in [4.69, 9.17) is 0 Å². The van der Waals surface area contributed by atoms with Gasteiger partial charge in [0.25, 0.3) is 5.91 Å². The Morgan fingerprint density at radius 1 is 1.22 bits per heavy atom. The number of amides is 1. The van der Waals surface area contributed by atoms with E-state index in [1.807, 2.05) is 0 Å². The van der Waals surface area contributed by atoms with E-state index in [-0.39, 0.29) is 11.6 Å². The van der Waals surface area contributed by atoms with E-state index < -0.39 is 0 Å². The number of hydrogen-bond donors (Lipinski definition) is 3. The molecular formula is C11H17N5O2. The lowest BCUT2D eigenvalue weighted by Gasteiger charge is -2.43. The van der Waals surface area contributed by atoms with Gasteiger partial charge in [-0.3, -0.25) is 9.69 Å². The number of rotatable bonds is 2. The van der Waals surface area contributed by atoms with Gasteiger partial charge in [0.2, 0.25) is 0 Å². The number of H-pyrrole nitrogens is 2. The Bertz CT molecular complexity index is 482. The molecule has 1 amide bonds. The van der Waals surface area contributed by atoms with Crippen molar-refractivity contribution in [2.24, 2.45) is 0 Å². The molecule has 3 rings (SSSR count). The molecule has 18 heavy (non-hydrogen) atoms. The average Bonchev–Trinajstić information content (AvgIpc) is 2.74. The molecule has 2 saturated heterocycles. The van der Waals surface area contributed by atoms with Gasteiger partial charge in [-0.25, -0.2) is 4.79 Å². The Balaban J connectivity index is 1.58. The van der Waals surface area contributed by atoms with Crippen molar-refractivity contribution in [2.75, 3.05) is 39.3 Å². The van der Waals surface area contributed by atoms with Crippen LogP contribution >= 0.6 is 0 Å². The van der Waals surface area contributed by atoms with Gasteiger partial charge in [0.1, 0.15) is 5.69 Å². The molecule has 98 valence electrons. The minimum Gasteiger partial charge on any atom is -0.335 e. The monoisotopic (exact) mass is 251 g/mol. The van der Waals surface area contributed by atoms with Crippen molar-refractivity contribution in [3.8, 4) is 0 Å². The van der Waals surface area contributed by atoms with Crippen molar-refractivity contribution in [1.82, 2.24) is 25.1 Å². The number of carbonyl (C=O) groups is 1. The second-order valence-electron chi connectivity index (χ2n) is 4.80. The fourth-order valence-electron chi connectivity index (χ4n) is 2.44. The molecule has 1 aromatic heterocycles. The second kappa shape index (κ2) is 4.58. The van der Waals surface area contributed by atoms with Crippen LogP contribution in [0.2, 0.25) is 0 Å². The zero-order valence-electron chi connectivity index (χ0n) is 10.1. The molecule has 0 saturated carbocycles. The predicted molar refractivity (Wildman–Crippen MR) is 65.5 cm³/mol. The van der Waals surface area contributed by atoms with Crippen LogP contribution in [0.5, 0.6) is 0 Å². The summed E-state index contributed by atoms with van der Waals surface area (Å²) >= 11 is 0. The lowest BCUT2D eigenvalue weighted by Crippen LogP contribution is -2.62. The molecule has 0 aliphatic carbocycles. The second-order valence-corrected chi connectivity index (χ2v) is 4.80. The lowest BCUT2D eigenvalue weighted by molar-refractivity contribution is 0.0497. The molecule has 2 fully saturated rings. The molecule has 2 aliphatic rings. The topological polar surface area (TPSA) is 84.2 Å². The lowest BCUT2D eigenvalue weighted by atomic mass is 10.1. The molecular weight excluding hydrogens is 234 g/mol. The Hall–Kier alpha value is -1.60. The van der Waals surface area contributed by atoms with Gasteiger partial charge in [-0.05, 0) is 0 Å². The van der Waals surface area contributed by atoms with Gasteiger partial charge in [0.05, 0.1) is 0 Å². The highest BCUT2D eigenvalue weighted by Gasteiger charge is 2.29. The van der Waals surface area contributed by atoms with Crippen molar-refractivity contribution >= 4 is 5.91 Å². The number of carbonyl (C=O) groups excluding carboxylic acids is 1. The SMILES string of the molecule is O=C(c1c[nH]c(=O)[nH]1)N1CCN(C2CNC2)CC1. The Morgan fingerprint density at radius 3 is 2.44 bits per heavy atom. The molecule has 7 nitrogen and oxygen atoms in total. The maximum absolute atomic E-state index is 12.1. The Labute approximate surface area is 104 Å². The van der Waals surface area contributed by atoms with Gasteiger partial charge in [-0.1, -0.05) is 0 Å². The number of aromatic amines is 2. The summed E-state index contributed by atoms with van der Waals surface area (Å²) in [5.74, 6) is -0.0975. The first-order valence-corrected chi connectivity index (χ1v) is 6.26. The summed E-state index contributed by atoms with van der Waals surface area (Å²) in [6, 6.07) is 0.634. The minimum absolute atomic E-state index is 0.0975. The molecule has 0 atom stereocenters. The molecule has 2 aliphatic heterocycles. The van der Waals surface area contributed by atoms with E-state index in [9.17, 15) is 9.59 Å². The van der Waals surface area contributed by atoms with Crippen LogP contribution in [0.3, 0.4) is 0 Å². The van der Waals surface area contributed by atoms with Crippen molar-refractivity contribution in [1.29, 1.82) is 0 Å². The van der Waals surface area contributed by atoms with Crippen LogP contribution in [0.4, 0.5) is 0 Å². The average molecular weight is 251 g/mol. The highest BCUT2D eigenvalue weighted by atomic mass is 16.2. The van der Waals surface area contributed by atoms with Crippen molar-refractivity contribution in [2.45, 2.75) is 6.04 Å². The van der Waals surface area contributed by atoms with Gasteiger partial charge < -0.3 is 20.2 Å². The van der Waals surface area contributed by atoms with Crippen molar-refractivity contribution < 1.29 is 4.79 Å². The number of imidazole rings is 1. The van der Waals surface area contributed by atoms with Crippen LogP contribution in [-0.2, 0) is 0 Å². The van der Waals surface area contributed by atoms with Gasteiger partial charge in [0.15, 0.2) is 0 Å². The number of nitrogens with zero attached hydrogens (tertiary/aromatic N) is 2. The standard InChI is InChI=1S/C11H17N5O2/c17-10(9-7-13-11(18)14-9)16-3-1-15(2-4-16)8-5-12-6-8/h7-8,12H,1-6H2,(H2,13,14,18). The first kappa shape index (κ1) is 11.5. The van der Waals surface area contributed by atoms with Crippen LogP contribution in [0, 0.1) is 0 Å². The van der Waals surface area contributed by atoms with E-state index in [0.717, 1.165) is 39.3 Å². The van der Waals surface area contributed by atoms with E-state index in [1.165, 1.54) is 6.20 Å². The first-order valence-electron chi connectivity index (χ1n) is 6.26. The Kier molecular flexibility index (Phi) is 2.92. The van der Waals surface area contributed by atoms with Gasteiger partial charge in [-0.15, -0.1) is 0 Å². The fourth-order valence-corrected chi connectivity index (χ4v) is 2.44. The third-order valence-corrected chi connectivity index (χ3v) is 3.70. The van der Waals surface area contributed by atoms with E-state index in [2.05, 4.69) is 20.2 Å². The smallest absolute Gasteiger partial charge is 0.323 e. The molecule has 3 heterocycles. The van der Waals surface area contributed by atoms with E-state index >= 15 is 0 Å². The molecule has 0 radical (unpaired) electrons. The molecule has 0 spiro atoms. The van der Waals surface area contributed by atoms with Gasteiger partial charge in [-0.2, -0.15) is 0 Å². The zero-order chi connectivity index (χ0) is 12.5. The number of nitrogens with one attached hydrogen (secondary N) is 3. The van der Waals surface area contributed by atoms with Crippen LogP contribution < -0.4 is 11.0 Å². The normalized spacial score (nSPS) is 21.9. The molecule has 0 bridgehead atoms. The quantitative estimate of drug-likeness (QED) is 0.593.